The topological polar surface area (TPSA) is 44.1 Å². The van der Waals surface area contributed by atoms with E-state index in [-0.39, 0.29) is 5.56 Å². The van der Waals surface area contributed by atoms with Crippen molar-refractivity contribution in [1.82, 2.24) is 9.55 Å². The highest BCUT2D eigenvalue weighted by molar-refractivity contribution is 6.30. The first-order chi connectivity index (χ1) is 15.6. The normalized spacial score (nSPS) is 11.1. The van der Waals surface area contributed by atoms with Gasteiger partial charge < -0.3 is 4.74 Å². The Bertz CT molecular complexity index is 1250. The first-order valence-electron chi connectivity index (χ1n) is 10.8. The van der Waals surface area contributed by atoms with Gasteiger partial charge in [0, 0.05) is 22.2 Å². The third kappa shape index (κ3) is 5.50. The number of para-hydroxylation sites is 1. The fourth-order valence-corrected chi connectivity index (χ4v) is 3.97. The van der Waals surface area contributed by atoms with Crippen LogP contribution in [0.3, 0.4) is 0 Å². The summed E-state index contributed by atoms with van der Waals surface area (Å²) in [6.45, 7) is 1.26. The van der Waals surface area contributed by atoms with E-state index in [9.17, 15) is 4.79 Å². The molecule has 1 aromatic heterocycles. The number of hydrogen-bond donors (Lipinski definition) is 0. The van der Waals surface area contributed by atoms with E-state index in [1.807, 2.05) is 72.8 Å². The van der Waals surface area contributed by atoms with Crippen LogP contribution in [0.25, 0.3) is 22.3 Å². The van der Waals surface area contributed by atoms with Gasteiger partial charge in [-0.15, -0.1) is 0 Å². The second-order valence-corrected chi connectivity index (χ2v) is 8.51. The average Bonchev–Trinajstić information content (AvgIpc) is 2.80. The van der Waals surface area contributed by atoms with Crippen LogP contribution in [0.1, 0.15) is 25.7 Å². The van der Waals surface area contributed by atoms with Gasteiger partial charge in [0.2, 0.25) is 0 Å². The van der Waals surface area contributed by atoms with Crippen LogP contribution in [-0.2, 0) is 6.54 Å². The van der Waals surface area contributed by atoms with Gasteiger partial charge in [-0.2, -0.15) is 0 Å². The molecule has 0 bridgehead atoms. The molecule has 0 unspecified atom stereocenters. The fraction of sp³-hybridized carbons (Fsp3) is 0.231. The monoisotopic (exact) mass is 466 g/mol. The highest BCUT2D eigenvalue weighted by Crippen LogP contribution is 2.22. The van der Waals surface area contributed by atoms with E-state index in [0.29, 0.717) is 39.9 Å². The van der Waals surface area contributed by atoms with Crippen LogP contribution in [0, 0.1) is 0 Å². The van der Waals surface area contributed by atoms with E-state index < -0.39 is 0 Å². The van der Waals surface area contributed by atoms with Crippen LogP contribution in [0.15, 0.2) is 77.6 Å². The Hall–Kier alpha value is -2.82. The smallest absolute Gasteiger partial charge is 0.261 e. The zero-order chi connectivity index (χ0) is 22.3. The molecule has 0 amide bonds. The molecule has 4 aromatic rings. The number of unbranched alkanes of at least 4 members (excludes halogenated alkanes) is 3. The molecule has 4 rings (SSSR count). The summed E-state index contributed by atoms with van der Waals surface area (Å²) in [6.07, 6.45) is 3.85. The zero-order valence-corrected chi connectivity index (χ0v) is 19.1. The Morgan fingerprint density at radius 3 is 2.41 bits per heavy atom. The Labute approximate surface area is 197 Å². The van der Waals surface area contributed by atoms with Crippen molar-refractivity contribution in [1.29, 1.82) is 0 Å². The lowest BCUT2D eigenvalue weighted by atomic mass is 10.1. The number of benzene rings is 3. The van der Waals surface area contributed by atoms with Gasteiger partial charge in [0.15, 0.2) is 0 Å². The van der Waals surface area contributed by atoms with Gasteiger partial charge in [-0.25, -0.2) is 4.98 Å². The van der Waals surface area contributed by atoms with Crippen molar-refractivity contribution >= 4 is 34.1 Å². The highest BCUT2D eigenvalue weighted by Gasteiger charge is 2.12. The average molecular weight is 467 g/mol. The fourth-order valence-electron chi connectivity index (χ4n) is 3.67. The van der Waals surface area contributed by atoms with Crippen LogP contribution in [0.2, 0.25) is 10.0 Å². The Kier molecular flexibility index (Phi) is 7.46. The third-order valence-corrected chi connectivity index (χ3v) is 5.79. The summed E-state index contributed by atoms with van der Waals surface area (Å²) < 4.78 is 7.53. The highest BCUT2D eigenvalue weighted by atomic mass is 35.5. The van der Waals surface area contributed by atoms with Crippen LogP contribution in [0.5, 0.6) is 5.75 Å². The third-order valence-electron chi connectivity index (χ3n) is 5.30. The quantitative estimate of drug-likeness (QED) is 0.249. The lowest BCUT2D eigenvalue weighted by molar-refractivity contribution is 0.304. The molecule has 0 saturated heterocycles. The van der Waals surface area contributed by atoms with Crippen molar-refractivity contribution in [3.63, 3.8) is 0 Å². The molecule has 4 nitrogen and oxygen atoms in total. The van der Waals surface area contributed by atoms with Gasteiger partial charge >= 0.3 is 0 Å². The molecule has 6 heteroatoms. The predicted molar refractivity (Wildman–Crippen MR) is 132 cm³/mol. The number of nitrogens with zero attached hydrogens (tertiary/aromatic N) is 2. The van der Waals surface area contributed by atoms with Gasteiger partial charge in [0.25, 0.3) is 5.56 Å². The Morgan fingerprint density at radius 2 is 1.59 bits per heavy atom. The summed E-state index contributed by atoms with van der Waals surface area (Å²) in [6, 6.07) is 22.4. The van der Waals surface area contributed by atoms with Crippen molar-refractivity contribution in [2.75, 3.05) is 6.61 Å². The lowest BCUT2D eigenvalue weighted by Gasteiger charge is -2.14. The largest absolute Gasteiger partial charge is 0.494 e. The van der Waals surface area contributed by atoms with Crippen molar-refractivity contribution in [2.45, 2.75) is 32.2 Å². The first kappa shape index (κ1) is 22.4. The molecule has 0 aliphatic rings. The summed E-state index contributed by atoms with van der Waals surface area (Å²) in [4.78, 5) is 18.0. The maximum Gasteiger partial charge on any atom is 0.261 e. The van der Waals surface area contributed by atoms with Crippen molar-refractivity contribution in [3.8, 4) is 17.1 Å². The van der Waals surface area contributed by atoms with Crippen molar-refractivity contribution in [2.24, 2.45) is 0 Å². The van der Waals surface area contributed by atoms with Gasteiger partial charge in [-0.3, -0.25) is 9.36 Å². The van der Waals surface area contributed by atoms with Crippen LogP contribution >= 0.6 is 23.2 Å². The lowest BCUT2D eigenvalue weighted by Crippen LogP contribution is -2.23. The molecular weight excluding hydrogens is 443 g/mol. The minimum absolute atomic E-state index is 0.00941. The summed E-state index contributed by atoms with van der Waals surface area (Å²) in [7, 11) is 0. The molecule has 0 saturated carbocycles. The molecule has 164 valence electrons. The number of ether oxygens (including phenoxy) is 1. The molecule has 0 radical (unpaired) electrons. The van der Waals surface area contributed by atoms with Crippen LogP contribution in [-0.4, -0.2) is 16.2 Å². The molecule has 3 aromatic carbocycles. The molecule has 1 heterocycles. The number of rotatable bonds is 9. The second kappa shape index (κ2) is 10.7. The maximum absolute atomic E-state index is 13.2. The maximum atomic E-state index is 13.2. The molecule has 0 fully saturated rings. The minimum atomic E-state index is -0.00941. The van der Waals surface area contributed by atoms with Gasteiger partial charge in [0.1, 0.15) is 11.6 Å². The number of halogens is 2. The van der Waals surface area contributed by atoms with Crippen molar-refractivity contribution < 1.29 is 4.74 Å². The zero-order valence-electron chi connectivity index (χ0n) is 17.6. The van der Waals surface area contributed by atoms with E-state index in [0.717, 1.165) is 37.0 Å². The predicted octanol–water partition coefficient (Wildman–Crippen LogP) is 7.01. The summed E-state index contributed by atoms with van der Waals surface area (Å²) >= 11 is 12.0. The Balaban J connectivity index is 1.40. The summed E-state index contributed by atoms with van der Waals surface area (Å²) in [5, 5.41) is 1.97. The number of aromatic nitrogens is 2. The van der Waals surface area contributed by atoms with E-state index in [1.165, 1.54) is 0 Å². The first-order valence-corrected chi connectivity index (χ1v) is 11.5. The van der Waals surface area contributed by atoms with Crippen LogP contribution in [0.4, 0.5) is 0 Å². The molecule has 0 spiro atoms. The molecule has 32 heavy (non-hydrogen) atoms. The van der Waals surface area contributed by atoms with Gasteiger partial charge in [-0.05, 0) is 67.4 Å². The van der Waals surface area contributed by atoms with Gasteiger partial charge in [0.05, 0.1) is 17.5 Å². The second-order valence-electron chi connectivity index (χ2n) is 7.64. The Morgan fingerprint density at radius 1 is 0.812 bits per heavy atom. The molecule has 0 aliphatic carbocycles. The number of fused-ring (bicyclic) bond motifs is 1. The molecular formula is C26H24Cl2N2O2. The van der Waals surface area contributed by atoms with E-state index in [2.05, 4.69) is 0 Å². The van der Waals surface area contributed by atoms with E-state index >= 15 is 0 Å². The van der Waals surface area contributed by atoms with E-state index in [1.54, 1.807) is 4.57 Å². The summed E-state index contributed by atoms with van der Waals surface area (Å²) in [5.74, 6) is 1.47. The molecule has 0 atom stereocenters. The summed E-state index contributed by atoms with van der Waals surface area (Å²) in [5.41, 5.74) is 1.58. The number of hydrogen-bond acceptors (Lipinski definition) is 3. The van der Waals surface area contributed by atoms with Crippen molar-refractivity contribution in [3.05, 3.63) is 93.2 Å². The standard InChI is InChI=1S/C26H24Cl2N2O2/c27-20-14-12-19(13-15-20)25-29-24-11-4-3-10-23(24)26(31)30(25)16-5-1-2-6-17-32-22-9-7-8-21(28)18-22/h3-4,7-15,18H,1-2,5-6,16-17H2. The SMILES string of the molecule is O=c1c2ccccc2nc(-c2ccc(Cl)cc2)n1CCCCCCOc1cccc(Cl)c1. The van der Waals surface area contributed by atoms with E-state index in [4.69, 9.17) is 32.9 Å². The molecule has 0 aliphatic heterocycles. The minimum Gasteiger partial charge on any atom is -0.494 e. The van der Waals surface area contributed by atoms with Gasteiger partial charge in [-0.1, -0.05) is 54.2 Å². The molecule has 0 N–H and O–H groups in total. The van der Waals surface area contributed by atoms with Crippen LogP contribution < -0.4 is 10.3 Å².